The van der Waals surface area contributed by atoms with Crippen LogP contribution in [0.2, 0.25) is 0 Å². The molecule has 0 radical (unpaired) electrons. The Morgan fingerprint density at radius 3 is 2.65 bits per heavy atom. The molecule has 1 aromatic rings. The van der Waals surface area contributed by atoms with Gasteiger partial charge < -0.3 is 15.3 Å². The molecule has 20 heavy (non-hydrogen) atoms. The fourth-order valence-electron chi connectivity index (χ4n) is 1.65. The SMILES string of the molecule is CC(=O)Nc1cc(C(=O)N(C)CCC(C)O)ccc1F. The number of benzene rings is 1. The predicted octanol–water partition coefficient (Wildman–Crippen LogP) is 1.63. The normalized spacial score (nSPS) is 11.8. The first-order valence-corrected chi connectivity index (χ1v) is 6.32. The summed E-state index contributed by atoms with van der Waals surface area (Å²) in [5.74, 6) is -1.29. The van der Waals surface area contributed by atoms with E-state index in [1.165, 1.54) is 24.0 Å². The third-order valence-electron chi connectivity index (χ3n) is 2.75. The van der Waals surface area contributed by atoms with Crippen molar-refractivity contribution in [2.24, 2.45) is 0 Å². The second kappa shape index (κ2) is 7.00. The molecule has 0 spiro atoms. The molecule has 0 aliphatic carbocycles. The van der Waals surface area contributed by atoms with Crippen molar-refractivity contribution in [1.82, 2.24) is 4.90 Å². The summed E-state index contributed by atoms with van der Waals surface area (Å²) in [5, 5.41) is 11.5. The van der Waals surface area contributed by atoms with E-state index in [9.17, 15) is 19.1 Å². The Labute approximate surface area is 117 Å². The van der Waals surface area contributed by atoms with E-state index < -0.39 is 17.8 Å². The van der Waals surface area contributed by atoms with Crippen LogP contribution in [0.3, 0.4) is 0 Å². The Hall–Kier alpha value is -1.95. The maximum Gasteiger partial charge on any atom is 0.253 e. The van der Waals surface area contributed by atoms with E-state index in [4.69, 9.17) is 0 Å². The fourth-order valence-corrected chi connectivity index (χ4v) is 1.65. The Balaban J connectivity index is 2.85. The third-order valence-corrected chi connectivity index (χ3v) is 2.75. The highest BCUT2D eigenvalue weighted by Gasteiger charge is 2.15. The van der Waals surface area contributed by atoms with E-state index in [1.54, 1.807) is 14.0 Å². The summed E-state index contributed by atoms with van der Waals surface area (Å²) < 4.78 is 13.5. The minimum absolute atomic E-state index is 0.0210. The summed E-state index contributed by atoms with van der Waals surface area (Å²) in [7, 11) is 1.60. The highest BCUT2D eigenvalue weighted by molar-refractivity contribution is 5.96. The minimum atomic E-state index is -0.594. The summed E-state index contributed by atoms with van der Waals surface area (Å²) in [6.07, 6.45) is -0.0319. The van der Waals surface area contributed by atoms with Gasteiger partial charge in [0.25, 0.3) is 5.91 Å². The lowest BCUT2D eigenvalue weighted by Crippen LogP contribution is -2.29. The van der Waals surface area contributed by atoms with Crippen LogP contribution in [-0.2, 0) is 4.79 Å². The van der Waals surface area contributed by atoms with Crippen molar-refractivity contribution in [2.75, 3.05) is 18.9 Å². The highest BCUT2D eigenvalue weighted by atomic mass is 19.1. The molecule has 0 fully saturated rings. The molecule has 0 heterocycles. The Morgan fingerprint density at radius 1 is 1.45 bits per heavy atom. The summed E-state index contributed by atoms with van der Waals surface area (Å²) >= 11 is 0. The lowest BCUT2D eigenvalue weighted by molar-refractivity contribution is -0.114. The maximum atomic E-state index is 13.5. The number of amides is 2. The van der Waals surface area contributed by atoms with Gasteiger partial charge in [-0.15, -0.1) is 0 Å². The number of carbonyl (C=O) groups excluding carboxylic acids is 2. The van der Waals surface area contributed by atoms with Crippen LogP contribution in [0.15, 0.2) is 18.2 Å². The second-order valence-corrected chi connectivity index (χ2v) is 4.74. The van der Waals surface area contributed by atoms with Crippen LogP contribution in [0.4, 0.5) is 10.1 Å². The molecule has 1 rings (SSSR count). The summed E-state index contributed by atoms with van der Waals surface area (Å²) in [6.45, 7) is 3.30. The lowest BCUT2D eigenvalue weighted by atomic mass is 10.1. The molecule has 6 heteroatoms. The van der Waals surface area contributed by atoms with Gasteiger partial charge in [-0.1, -0.05) is 0 Å². The first-order valence-electron chi connectivity index (χ1n) is 6.32. The van der Waals surface area contributed by atoms with Crippen molar-refractivity contribution in [3.63, 3.8) is 0 Å². The Morgan fingerprint density at radius 2 is 2.10 bits per heavy atom. The fraction of sp³-hybridized carbons (Fsp3) is 0.429. The van der Waals surface area contributed by atoms with E-state index in [2.05, 4.69) is 5.32 Å². The van der Waals surface area contributed by atoms with Crippen LogP contribution in [0.25, 0.3) is 0 Å². The van der Waals surface area contributed by atoms with Crippen molar-refractivity contribution >= 4 is 17.5 Å². The van der Waals surface area contributed by atoms with Crippen LogP contribution in [0, 0.1) is 5.82 Å². The highest BCUT2D eigenvalue weighted by Crippen LogP contribution is 2.17. The topological polar surface area (TPSA) is 69.6 Å². The Kier molecular flexibility index (Phi) is 5.64. The molecular weight excluding hydrogens is 263 g/mol. The number of rotatable bonds is 5. The molecule has 0 aromatic heterocycles. The van der Waals surface area contributed by atoms with E-state index in [0.29, 0.717) is 13.0 Å². The molecule has 0 bridgehead atoms. The summed E-state index contributed by atoms with van der Waals surface area (Å²) in [4.78, 5) is 24.5. The van der Waals surface area contributed by atoms with Crippen molar-refractivity contribution in [3.05, 3.63) is 29.6 Å². The summed E-state index contributed by atoms with van der Waals surface area (Å²) in [6, 6.07) is 3.81. The smallest absolute Gasteiger partial charge is 0.253 e. The number of nitrogens with one attached hydrogen (secondary N) is 1. The monoisotopic (exact) mass is 282 g/mol. The van der Waals surface area contributed by atoms with Crippen LogP contribution in [0.5, 0.6) is 0 Å². The van der Waals surface area contributed by atoms with Gasteiger partial charge in [0.2, 0.25) is 5.91 Å². The van der Waals surface area contributed by atoms with Gasteiger partial charge in [-0.3, -0.25) is 9.59 Å². The average Bonchev–Trinajstić information content (AvgIpc) is 2.37. The van der Waals surface area contributed by atoms with Gasteiger partial charge >= 0.3 is 0 Å². The van der Waals surface area contributed by atoms with Gasteiger partial charge in [-0.2, -0.15) is 0 Å². The third kappa shape index (κ3) is 4.62. The van der Waals surface area contributed by atoms with E-state index in [0.717, 1.165) is 6.07 Å². The number of nitrogens with zero attached hydrogens (tertiary/aromatic N) is 1. The zero-order valence-electron chi connectivity index (χ0n) is 11.8. The van der Waals surface area contributed by atoms with Gasteiger partial charge in [0.15, 0.2) is 0 Å². The van der Waals surface area contributed by atoms with Gasteiger partial charge in [-0.25, -0.2) is 4.39 Å². The van der Waals surface area contributed by atoms with Gasteiger partial charge in [0, 0.05) is 26.1 Å². The Bertz CT molecular complexity index is 503. The lowest BCUT2D eigenvalue weighted by Gasteiger charge is -2.18. The van der Waals surface area contributed by atoms with Crippen LogP contribution < -0.4 is 5.32 Å². The maximum absolute atomic E-state index is 13.5. The number of aliphatic hydroxyl groups is 1. The van der Waals surface area contributed by atoms with Crippen molar-refractivity contribution in [1.29, 1.82) is 0 Å². The molecule has 1 aromatic carbocycles. The number of hydrogen-bond donors (Lipinski definition) is 2. The summed E-state index contributed by atoms with van der Waals surface area (Å²) in [5.41, 5.74) is 0.260. The van der Waals surface area contributed by atoms with E-state index in [1.807, 2.05) is 0 Å². The van der Waals surface area contributed by atoms with Crippen molar-refractivity contribution < 1.29 is 19.1 Å². The first-order chi connectivity index (χ1) is 9.31. The van der Waals surface area contributed by atoms with Crippen LogP contribution in [-0.4, -0.2) is 41.5 Å². The average molecular weight is 282 g/mol. The van der Waals surface area contributed by atoms with Crippen LogP contribution >= 0.6 is 0 Å². The van der Waals surface area contributed by atoms with Crippen molar-refractivity contribution in [2.45, 2.75) is 26.4 Å². The number of hydrogen-bond acceptors (Lipinski definition) is 3. The zero-order valence-corrected chi connectivity index (χ0v) is 11.8. The van der Waals surface area contributed by atoms with Crippen LogP contribution in [0.1, 0.15) is 30.6 Å². The van der Waals surface area contributed by atoms with Gasteiger partial charge in [-0.05, 0) is 31.5 Å². The molecule has 0 aliphatic heterocycles. The van der Waals surface area contributed by atoms with E-state index in [-0.39, 0.29) is 17.2 Å². The van der Waals surface area contributed by atoms with E-state index >= 15 is 0 Å². The predicted molar refractivity (Wildman–Crippen MR) is 74.0 cm³/mol. The largest absolute Gasteiger partial charge is 0.393 e. The quantitative estimate of drug-likeness (QED) is 0.862. The number of anilines is 1. The van der Waals surface area contributed by atoms with Gasteiger partial charge in [0.1, 0.15) is 5.82 Å². The zero-order chi connectivity index (χ0) is 15.3. The minimum Gasteiger partial charge on any atom is -0.393 e. The molecule has 1 atom stereocenters. The molecule has 0 saturated carbocycles. The second-order valence-electron chi connectivity index (χ2n) is 4.74. The molecule has 0 saturated heterocycles. The molecular formula is C14H19FN2O3. The standard InChI is InChI=1S/C14H19FN2O3/c1-9(18)6-7-17(3)14(20)11-4-5-12(15)13(8-11)16-10(2)19/h4-5,8-9,18H,6-7H2,1-3H3,(H,16,19). The first kappa shape index (κ1) is 16.1. The molecule has 0 aliphatic rings. The number of halogens is 1. The number of carbonyl (C=O) groups is 2. The molecule has 2 N–H and O–H groups in total. The molecule has 5 nitrogen and oxygen atoms in total. The molecule has 2 amide bonds. The number of aliphatic hydroxyl groups excluding tert-OH is 1. The molecule has 110 valence electrons. The van der Waals surface area contributed by atoms with Crippen molar-refractivity contribution in [3.8, 4) is 0 Å². The molecule has 1 unspecified atom stereocenters. The van der Waals surface area contributed by atoms with Gasteiger partial charge in [0.05, 0.1) is 11.8 Å².